The predicted molar refractivity (Wildman–Crippen MR) is 84.9 cm³/mol. The molecule has 0 saturated heterocycles. The Morgan fingerprint density at radius 1 is 1.18 bits per heavy atom. The van der Waals surface area contributed by atoms with Crippen molar-refractivity contribution in [3.8, 4) is 0 Å². The van der Waals surface area contributed by atoms with Crippen LogP contribution in [0.5, 0.6) is 0 Å². The van der Waals surface area contributed by atoms with Gasteiger partial charge in [0.15, 0.2) is 0 Å². The zero-order valence-electron chi connectivity index (χ0n) is 13.0. The van der Waals surface area contributed by atoms with Crippen LogP contribution in [0.3, 0.4) is 0 Å². The summed E-state index contributed by atoms with van der Waals surface area (Å²) in [6.07, 6.45) is 5.89. The fourth-order valence-corrected chi connectivity index (χ4v) is 3.64. The lowest BCUT2D eigenvalue weighted by atomic mass is 10.0. The van der Waals surface area contributed by atoms with E-state index in [0.29, 0.717) is 17.9 Å². The Morgan fingerprint density at radius 3 is 2.45 bits per heavy atom. The third kappa shape index (κ3) is 2.51. The van der Waals surface area contributed by atoms with Crippen LogP contribution in [0.25, 0.3) is 0 Å². The lowest BCUT2D eigenvalue weighted by molar-refractivity contribution is -0.116. The fraction of sp³-hybridized carbons (Fsp3) is 0.556. The maximum atomic E-state index is 12.5. The van der Waals surface area contributed by atoms with Gasteiger partial charge < -0.3 is 10.2 Å². The zero-order valence-corrected chi connectivity index (χ0v) is 13.0. The molecule has 4 nitrogen and oxygen atoms in total. The maximum absolute atomic E-state index is 12.5. The van der Waals surface area contributed by atoms with E-state index in [0.717, 1.165) is 29.8 Å². The molecule has 4 rings (SSSR count). The monoisotopic (exact) mass is 298 g/mol. The van der Waals surface area contributed by atoms with Gasteiger partial charge in [-0.15, -0.1) is 0 Å². The minimum Gasteiger partial charge on any atom is -0.349 e. The summed E-state index contributed by atoms with van der Waals surface area (Å²) in [5.74, 6) is 1.53. The van der Waals surface area contributed by atoms with Crippen LogP contribution >= 0.6 is 0 Å². The standard InChI is InChI=1S/C18H22N2O2/c1-11(21)20-9-8-14-10-15(6-7-16(14)20)18(22)19-17(12-2-3-12)13-4-5-13/h6-7,10,12-13,17H,2-5,8-9H2,1H3,(H,19,22). The normalized spacial score (nSPS) is 20.2. The van der Waals surface area contributed by atoms with Crippen molar-refractivity contribution in [2.75, 3.05) is 11.4 Å². The van der Waals surface area contributed by atoms with Gasteiger partial charge in [-0.2, -0.15) is 0 Å². The molecule has 2 amide bonds. The Morgan fingerprint density at radius 2 is 1.86 bits per heavy atom. The summed E-state index contributed by atoms with van der Waals surface area (Å²) in [6.45, 7) is 2.31. The van der Waals surface area contributed by atoms with E-state index in [-0.39, 0.29) is 11.8 Å². The molecule has 22 heavy (non-hydrogen) atoms. The fourth-order valence-electron chi connectivity index (χ4n) is 3.64. The average Bonchev–Trinajstić information content (AvgIpc) is 3.40. The van der Waals surface area contributed by atoms with Crippen LogP contribution in [-0.2, 0) is 11.2 Å². The van der Waals surface area contributed by atoms with E-state index in [4.69, 9.17) is 0 Å². The van der Waals surface area contributed by atoms with Gasteiger partial charge in [0.1, 0.15) is 0 Å². The summed E-state index contributed by atoms with van der Waals surface area (Å²) < 4.78 is 0. The molecule has 2 aliphatic carbocycles. The van der Waals surface area contributed by atoms with Crippen LogP contribution in [0.15, 0.2) is 18.2 Å². The molecule has 1 aromatic carbocycles. The van der Waals surface area contributed by atoms with Gasteiger partial charge in [-0.1, -0.05) is 0 Å². The molecule has 2 saturated carbocycles. The maximum Gasteiger partial charge on any atom is 0.251 e. The molecule has 0 spiro atoms. The van der Waals surface area contributed by atoms with Gasteiger partial charge in [-0.25, -0.2) is 0 Å². The van der Waals surface area contributed by atoms with Crippen LogP contribution in [0.1, 0.15) is 48.5 Å². The number of anilines is 1. The molecule has 1 aliphatic heterocycles. The van der Waals surface area contributed by atoms with E-state index in [1.165, 1.54) is 25.7 Å². The summed E-state index contributed by atoms with van der Waals surface area (Å²) in [5, 5.41) is 3.26. The highest BCUT2D eigenvalue weighted by Crippen LogP contribution is 2.44. The van der Waals surface area contributed by atoms with Gasteiger partial charge in [0, 0.05) is 30.8 Å². The second-order valence-corrected chi connectivity index (χ2v) is 6.94. The van der Waals surface area contributed by atoms with E-state index >= 15 is 0 Å². The smallest absolute Gasteiger partial charge is 0.251 e. The molecule has 0 bridgehead atoms. The lowest BCUT2D eigenvalue weighted by Gasteiger charge is -2.18. The summed E-state index contributed by atoms with van der Waals surface area (Å²) >= 11 is 0. The largest absolute Gasteiger partial charge is 0.349 e. The van der Waals surface area contributed by atoms with Gasteiger partial charge in [-0.3, -0.25) is 9.59 Å². The quantitative estimate of drug-likeness (QED) is 0.928. The summed E-state index contributed by atoms with van der Waals surface area (Å²) in [4.78, 5) is 25.9. The molecule has 1 heterocycles. The molecule has 116 valence electrons. The molecule has 1 N–H and O–H groups in total. The Kier molecular flexibility index (Phi) is 3.21. The lowest BCUT2D eigenvalue weighted by Crippen LogP contribution is -2.38. The Labute approximate surface area is 130 Å². The summed E-state index contributed by atoms with van der Waals surface area (Å²) in [7, 11) is 0. The zero-order chi connectivity index (χ0) is 15.3. The minimum absolute atomic E-state index is 0.0490. The number of carbonyl (C=O) groups excluding carboxylic acids is 2. The first-order chi connectivity index (χ1) is 10.6. The van der Waals surface area contributed by atoms with Crippen molar-refractivity contribution in [3.63, 3.8) is 0 Å². The van der Waals surface area contributed by atoms with Gasteiger partial charge in [0.25, 0.3) is 5.91 Å². The van der Waals surface area contributed by atoms with Crippen LogP contribution in [0.2, 0.25) is 0 Å². The SMILES string of the molecule is CC(=O)N1CCc2cc(C(=O)NC(C3CC3)C3CC3)ccc21. The molecule has 1 aromatic rings. The van der Waals surface area contributed by atoms with Crippen molar-refractivity contribution in [1.82, 2.24) is 5.32 Å². The molecule has 2 fully saturated rings. The van der Waals surface area contributed by atoms with Crippen molar-refractivity contribution in [2.24, 2.45) is 11.8 Å². The van der Waals surface area contributed by atoms with Crippen LogP contribution < -0.4 is 10.2 Å². The van der Waals surface area contributed by atoms with Crippen molar-refractivity contribution in [1.29, 1.82) is 0 Å². The first-order valence-corrected chi connectivity index (χ1v) is 8.35. The molecule has 0 unspecified atom stereocenters. The minimum atomic E-state index is 0.0490. The summed E-state index contributed by atoms with van der Waals surface area (Å²) in [6, 6.07) is 6.12. The number of nitrogens with one attached hydrogen (secondary N) is 1. The number of nitrogens with zero attached hydrogens (tertiary/aromatic N) is 1. The number of benzene rings is 1. The molecule has 0 radical (unpaired) electrons. The third-order valence-corrected chi connectivity index (χ3v) is 5.17. The number of hydrogen-bond donors (Lipinski definition) is 1. The van der Waals surface area contributed by atoms with Crippen LogP contribution in [0, 0.1) is 11.8 Å². The number of hydrogen-bond acceptors (Lipinski definition) is 2. The Bertz CT molecular complexity index is 620. The Hall–Kier alpha value is -1.84. The first-order valence-electron chi connectivity index (χ1n) is 8.35. The van der Waals surface area contributed by atoms with Crippen molar-refractivity contribution < 1.29 is 9.59 Å². The highest BCUT2D eigenvalue weighted by molar-refractivity contribution is 5.98. The van der Waals surface area contributed by atoms with Gasteiger partial charge >= 0.3 is 0 Å². The third-order valence-electron chi connectivity index (χ3n) is 5.17. The van der Waals surface area contributed by atoms with E-state index in [1.807, 2.05) is 18.2 Å². The number of rotatable bonds is 4. The van der Waals surface area contributed by atoms with E-state index in [9.17, 15) is 9.59 Å². The average molecular weight is 298 g/mol. The second kappa shape index (κ2) is 5.11. The van der Waals surface area contributed by atoms with Crippen molar-refractivity contribution in [3.05, 3.63) is 29.3 Å². The molecular weight excluding hydrogens is 276 g/mol. The number of carbonyl (C=O) groups is 2. The van der Waals surface area contributed by atoms with E-state index in [1.54, 1.807) is 11.8 Å². The van der Waals surface area contributed by atoms with Gasteiger partial charge in [-0.05, 0) is 67.7 Å². The van der Waals surface area contributed by atoms with Crippen LogP contribution in [-0.4, -0.2) is 24.4 Å². The second-order valence-electron chi connectivity index (χ2n) is 6.94. The van der Waals surface area contributed by atoms with Crippen molar-refractivity contribution in [2.45, 2.75) is 45.1 Å². The Balaban J connectivity index is 1.50. The molecule has 0 atom stereocenters. The molecule has 0 aromatic heterocycles. The van der Waals surface area contributed by atoms with Crippen LogP contribution in [0.4, 0.5) is 5.69 Å². The highest BCUT2D eigenvalue weighted by atomic mass is 16.2. The van der Waals surface area contributed by atoms with E-state index < -0.39 is 0 Å². The van der Waals surface area contributed by atoms with E-state index in [2.05, 4.69) is 5.32 Å². The molecule has 3 aliphatic rings. The highest BCUT2D eigenvalue weighted by Gasteiger charge is 2.42. The van der Waals surface area contributed by atoms with Gasteiger partial charge in [0.05, 0.1) is 0 Å². The van der Waals surface area contributed by atoms with Gasteiger partial charge in [0.2, 0.25) is 5.91 Å². The number of fused-ring (bicyclic) bond motifs is 1. The predicted octanol–water partition coefficient (Wildman–Crippen LogP) is 2.51. The topological polar surface area (TPSA) is 49.4 Å². The first kappa shape index (κ1) is 13.8. The van der Waals surface area contributed by atoms with Crippen molar-refractivity contribution >= 4 is 17.5 Å². The summed E-state index contributed by atoms with van der Waals surface area (Å²) in [5.41, 5.74) is 2.80. The number of amides is 2. The molecule has 4 heteroatoms. The molecular formula is C18H22N2O2.